The Balaban J connectivity index is 1.94. The van der Waals surface area contributed by atoms with Crippen LogP contribution >= 0.6 is 11.3 Å². The summed E-state index contributed by atoms with van der Waals surface area (Å²) in [6, 6.07) is -0.0173. The van der Waals surface area contributed by atoms with Crippen molar-refractivity contribution >= 4 is 17.2 Å². The zero-order valence-electron chi connectivity index (χ0n) is 9.81. The van der Waals surface area contributed by atoms with Crippen molar-refractivity contribution in [3.63, 3.8) is 0 Å². The third-order valence-corrected chi connectivity index (χ3v) is 3.69. The van der Waals surface area contributed by atoms with E-state index in [2.05, 4.69) is 10.3 Å². The highest BCUT2D eigenvalue weighted by Crippen LogP contribution is 2.16. The van der Waals surface area contributed by atoms with Gasteiger partial charge < -0.3 is 15.8 Å². The van der Waals surface area contributed by atoms with E-state index in [0.29, 0.717) is 12.3 Å². The van der Waals surface area contributed by atoms with Crippen LogP contribution in [0, 0.1) is 0 Å². The Morgan fingerprint density at radius 2 is 2.59 bits per heavy atom. The number of carbonyl (C=O) groups excluding carboxylic acids is 1. The molecule has 17 heavy (non-hydrogen) atoms. The van der Waals surface area contributed by atoms with Gasteiger partial charge in [0, 0.05) is 12.0 Å². The maximum atomic E-state index is 11.9. The first-order valence-electron chi connectivity index (χ1n) is 5.76. The lowest BCUT2D eigenvalue weighted by molar-refractivity contribution is 0.0622. The molecule has 0 spiro atoms. The fourth-order valence-corrected chi connectivity index (χ4v) is 2.47. The van der Waals surface area contributed by atoms with E-state index in [-0.39, 0.29) is 18.0 Å². The van der Waals surface area contributed by atoms with Gasteiger partial charge in [0.2, 0.25) is 0 Å². The summed E-state index contributed by atoms with van der Waals surface area (Å²) in [7, 11) is 0. The highest BCUT2D eigenvalue weighted by molar-refractivity contribution is 7.09. The number of aromatic nitrogens is 1. The van der Waals surface area contributed by atoms with Crippen molar-refractivity contribution in [1.82, 2.24) is 10.3 Å². The van der Waals surface area contributed by atoms with Crippen LogP contribution in [0.5, 0.6) is 0 Å². The molecule has 6 heteroatoms. The molecule has 1 aromatic rings. The minimum atomic E-state index is -0.136. The van der Waals surface area contributed by atoms with E-state index in [1.54, 1.807) is 5.38 Å². The fourth-order valence-electron chi connectivity index (χ4n) is 1.71. The summed E-state index contributed by atoms with van der Waals surface area (Å²) < 4.78 is 5.31. The third kappa shape index (κ3) is 3.24. The quantitative estimate of drug-likeness (QED) is 0.847. The highest BCUT2D eigenvalue weighted by atomic mass is 32.1. The molecule has 1 saturated heterocycles. The molecule has 0 aliphatic carbocycles. The molecule has 1 amide bonds. The van der Waals surface area contributed by atoms with Crippen LogP contribution in [0.25, 0.3) is 0 Å². The predicted octanol–water partition coefficient (Wildman–Crippen LogP) is 1.07. The van der Waals surface area contributed by atoms with Gasteiger partial charge in [-0.3, -0.25) is 4.79 Å². The molecule has 1 aliphatic heterocycles. The van der Waals surface area contributed by atoms with Crippen LogP contribution in [-0.4, -0.2) is 30.1 Å². The normalized spacial score (nSPS) is 22.1. The van der Waals surface area contributed by atoms with Gasteiger partial charge in [0.25, 0.3) is 5.91 Å². The van der Waals surface area contributed by atoms with Gasteiger partial charge in [-0.05, 0) is 19.8 Å². The number of ether oxygens (including phenoxy) is 1. The van der Waals surface area contributed by atoms with E-state index < -0.39 is 0 Å². The summed E-state index contributed by atoms with van der Waals surface area (Å²) in [6.45, 7) is 3.24. The van der Waals surface area contributed by atoms with Gasteiger partial charge in [-0.15, -0.1) is 11.3 Å². The van der Waals surface area contributed by atoms with Gasteiger partial charge >= 0.3 is 0 Å². The van der Waals surface area contributed by atoms with Crippen molar-refractivity contribution in [2.75, 3.05) is 13.2 Å². The number of hydrogen-bond acceptors (Lipinski definition) is 5. The number of thiazole rings is 1. The summed E-state index contributed by atoms with van der Waals surface area (Å²) in [5, 5.41) is 5.46. The number of hydrogen-bond donors (Lipinski definition) is 2. The van der Waals surface area contributed by atoms with E-state index >= 15 is 0 Å². The molecular weight excluding hydrogens is 238 g/mol. The average molecular weight is 255 g/mol. The molecule has 0 radical (unpaired) electrons. The van der Waals surface area contributed by atoms with Crippen molar-refractivity contribution < 1.29 is 9.53 Å². The summed E-state index contributed by atoms with van der Waals surface area (Å²) in [4.78, 5) is 16.1. The van der Waals surface area contributed by atoms with Gasteiger partial charge in [-0.25, -0.2) is 4.98 Å². The van der Waals surface area contributed by atoms with E-state index in [1.807, 2.05) is 6.92 Å². The molecule has 2 heterocycles. The smallest absolute Gasteiger partial charge is 0.271 e. The van der Waals surface area contributed by atoms with E-state index in [4.69, 9.17) is 10.5 Å². The Kier molecular flexibility index (Phi) is 4.09. The van der Waals surface area contributed by atoms with Crippen LogP contribution in [0.2, 0.25) is 0 Å². The second-order valence-electron chi connectivity index (χ2n) is 4.25. The zero-order valence-corrected chi connectivity index (χ0v) is 10.6. The Morgan fingerprint density at radius 1 is 1.76 bits per heavy atom. The molecule has 94 valence electrons. The third-order valence-electron chi connectivity index (χ3n) is 2.64. The molecule has 0 saturated carbocycles. The van der Waals surface area contributed by atoms with Gasteiger partial charge in [-0.1, -0.05) is 0 Å². The number of rotatable bonds is 3. The second-order valence-corrected chi connectivity index (χ2v) is 5.14. The lowest BCUT2D eigenvalue weighted by atomic mass is 10.1. The van der Waals surface area contributed by atoms with Gasteiger partial charge in [0.05, 0.1) is 18.7 Å². The maximum absolute atomic E-state index is 11.9. The second kappa shape index (κ2) is 5.57. The molecule has 0 bridgehead atoms. The molecule has 1 aliphatic rings. The van der Waals surface area contributed by atoms with Crippen LogP contribution in [0.1, 0.15) is 41.3 Å². The summed E-state index contributed by atoms with van der Waals surface area (Å²) in [5.41, 5.74) is 6.16. The van der Waals surface area contributed by atoms with Gasteiger partial charge in [-0.2, -0.15) is 0 Å². The molecule has 2 rings (SSSR count). The molecular formula is C11H17N3O2S. The van der Waals surface area contributed by atoms with Crippen LogP contribution in [0.4, 0.5) is 0 Å². The minimum Gasteiger partial charge on any atom is -0.379 e. The Labute approximate surface area is 104 Å². The van der Waals surface area contributed by atoms with Gasteiger partial charge in [0.15, 0.2) is 0 Å². The molecule has 2 unspecified atom stereocenters. The molecule has 0 aromatic carbocycles. The molecule has 3 N–H and O–H groups in total. The monoisotopic (exact) mass is 255 g/mol. The first kappa shape index (κ1) is 12.5. The van der Waals surface area contributed by atoms with Crippen molar-refractivity contribution in [2.45, 2.75) is 31.8 Å². The van der Waals surface area contributed by atoms with Crippen LogP contribution in [0.3, 0.4) is 0 Å². The summed E-state index contributed by atoms with van der Waals surface area (Å²) in [5.74, 6) is -0.136. The lowest BCUT2D eigenvalue weighted by Crippen LogP contribution is -2.40. The molecule has 1 aromatic heterocycles. The lowest BCUT2D eigenvalue weighted by Gasteiger charge is -2.22. The Hall–Kier alpha value is -0.980. The van der Waals surface area contributed by atoms with Crippen LogP contribution < -0.4 is 11.1 Å². The number of nitrogens with zero attached hydrogens (tertiary/aromatic N) is 1. The number of nitrogens with two attached hydrogens (primary N) is 1. The van der Waals surface area contributed by atoms with Crippen molar-refractivity contribution in [2.24, 2.45) is 5.73 Å². The van der Waals surface area contributed by atoms with Crippen LogP contribution in [0.15, 0.2) is 5.38 Å². The number of carbonyl (C=O) groups is 1. The van der Waals surface area contributed by atoms with Crippen molar-refractivity contribution in [3.05, 3.63) is 16.1 Å². The molecule has 1 fully saturated rings. The highest BCUT2D eigenvalue weighted by Gasteiger charge is 2.19. The van der Waals surface area contributed by atoms with Gasteiger partial charge in [0.1, 0.15) is 10.7 Å². The Bertz CT molecular complexity index is 386. The van der Waals surface area contributed by atoms with Crippen molar-refractivity contribution in [3.8, 4) is 0 Å². The first-order chi connectivity index (χ1) is 8.16. The topological polar surface area (TPSA) is 77.2 Å². The van der Waals surface area contributed by atoms with E-state index in [0.717, 1.165) is 24.5 Å². The Morgan fingerprint density at radius 3 is 3.18 bits per heavy atom. The first-order valence-corrected chi connectivity index (χ1v) is 6.64. The zero-order chi connectivity index (χ0) is 12.3. The van der Waals surface area contributed by atoms with Crippen LogP contribution in [-0.2, 0) is 4.74 Å². The summed E-state index contributed by atoms with van der Waals surface area (Å²) >= 11 is 1.42. The fraction of sp³-hybridized carbons (Fsp3) is 0.636. The number of amides is 1. The molecule has 2 atom stereocenters. The van der Waals surface area contributed by atoms with Crippen molar-refractivity contribution in [1.29, 1.82) is 0 Å². The maximum Gasteiger partial charge on any atom is 0.271 e. The van der Waals surface area contributed by atoms with E-state index in [9.17, 15) is 4.79 Å². The van der Waals surface area contributed by atoms with E-state index in [1.165, 1.54) is 11.3 Å². The molecule has 5 nitrogen and oxygen atoms in total. The number of nitrogens with one attached hydrogen (secondary N) is 1. The predicted molar refractivity (Wildman–Crippen MR) is 66.0 cm³/mol. The average Bonchev–Trinajstić information content (AvgIpc) is 2.79. The summed E-state index contributed by atoms with van der Waals surface area (Å²) in [6.07, 6.45) is 1.96. The standard InChI is InChI=1S/C11H17N3O2S/c1-7(12)11-14-9(6-17-11)10(15)13-8-3-2-4-16-5-8/h6-8H,2-5,12H2,1H3,(H,13,15). The largest absolute Gasteiger partial charge is 0.379 e. The minimum absolute atomic E-state index is 0.108. The SMILES string of the molecule is CC(N)c1nc(C(=O)NC2CCCOC2)cs1.